The molecule has 222 valence electrons. The van der Waals surface area contributed by atoms with Crippen LogP contribution in [-0.2, 0) is 11.2 Å². The van der Waals surface area contributed by atoms with Crippen LogP contribution in [0, 0.1) is 17.6 Å². The van der Waals surface area contributed by atoms with Crippen molar-refractivity contribution in [3.63, 3.8) is 0 Å². The second kappa shape index (κ2) is 12.2. The van der Waals surface area contributed by atoms with Crippen molar-refractivity contribution in [2.75, 3.05) is 45.4 Å². The maximum atomic E-state index is 15.0. The number of hydrogen-bond acceptors (Lipinski definition) is 9. The fourth-order valence-corrected chi connectivity index (χ4v) is 5.71. The summed E-state index contributed by atoms with van der Waals surface area (Å²) in [5.74, 6) is -1.08. The van der Waals surface area contributed by atoms with Crippen molar-refractivity contribution in [1.29, 1.82) is 0 Å². The number of fused-ring (bicyclic) bond motifs is 1. The van der Waals surface area contributed by atoms with E-state index in [1.165, 1.54) is 13.2 Å². The molecule has 0 unspecified atom stereocenters. The molecule has 4 aromatic rings. The van der Waals surface area contributed by atoms with Gasteiger partial charge in [0.05, 0.1) is 42.7 Å². The minimum atomic E-state index is -0.835. The molecule has 0 aliphatic carbocycles. The number of piperidine rings is 1. The fourth-order valence-electron chi connectivity index (χ4n) is 5.71. The maximum absolute atomic E-state index is 15.0. The van der Waals surface area contributed by atoms with Gasteiger partial charge in [0.25, 0.3) is 0 Å². The number of benzene rings is 1. The first-order valence-electron chi connectivity index (χ1n) is 13.5. The molecule has 0 saturated carbocycles. The summed E-state index contributed by atoms with van der Waals surface area (Å²) >= 11 is 0. The average molecular weight is 582 g/mol. The molecule has 42 heavy (non-hydrogen) atoms. The van der Waals surface area contributed by atoms with Crippen molar-refractivity contribution >= 4 is 17.3 Å². The lowest BCUT2D eigenvalue weighted by atomic mass is 9.88. The molecule has 0 spiro atoms. The SMILES string of the molecule is COC(=O)N(C)[C@@H]1[C@H](N)CN(c2ccncc2Cc2ncc3ccc(-c4c(F)cc(OCCO)cc4F)nn23)C[C@@H]1C. The van der Waals surface area contributed by atoms with Crippen molar-refractivity contribution in [1.82, 2.24) is 24.5 Å². The summed E-state index contributed by atoms with van der Waals surface area (Å²) in [5.41, 5.74) is 8.82. The number of rotatable bonds is 8. The van der Waals surface area contributed by atoms with Crippen LogP contribution in [0.3, 0.4) is 0 Å². The Morgan fingerprint density at radius 3 is 2.64 bits per heavy atom. The number of amides is 1. The molecule has 1 fully saturated rings. The highest BCUT2D eigenvalue weighted by Crippen LogP contribution is 2.31. The van der Waals surface area contributed by atoms with Gasteiger partial charge in [-0.05, 0) is 24.1 Å². The Morgan fingerprint density at radius 2 is 1.95 bits per heavy atom. The Hall–Kier alpha value is -4.36. The number of carbonyl (C=O) groups is 1. The number of carbonyl (C=O) groups excluding carboxylic acids is 1. The van der Waals surface area contributed by atoms with E-state index in [0.717, 1.165) is 23.4 Å². The molecule has 5 rings (SSSR count). The lowest BCUT2D eigenvalue weighted by Gasteiger charge is -2.45. The van der Waals surface area contributed by atoms with Crippen LogP contribution in [-0.4, -0.2) is 88.2 Å². The first-order chi connectivity index (χ1) is 20.2. The number of anilines is 1. The fraction of sp³-hybridized carbons (Fsp3) is 0.379. The van der Waals surface area contributed by atoms with Gasteiger partial charge >= 0.3 is 6.09 Å². The van der Waals surface area contributed by atoms with Gasteiger partial charge in [0.1, 0.15) is 29.8 Å². The van der Waals surface area contributed by atoms with Gasteiger partial charge in [0.2, 0.25) is 0 Å². The Labute approximate surface area is 241 Å². The lowest BCUT2D eigenvalue weighted by Crippen LogP contribution is -2.62. The second-order valence-corrected chi connectivity index (χ2v) is 10.4. The first-order valence-corrected chi connectivity index (χ1v) is 13.5. The third-order valence-electron chi connectivity index (χ3n) is 7.52. The highest BCUT2D eigenvalue weighted by atomic mass is 19.1. The normalized spacial score (nSPS) is 18.7. The third kappa shape index (κ3) is 5.70. The number of halogens is 2. The molecule has 0 radical (unpaired) electrons. The number of methoxy groups -OCH3 is 1. The number of nitrogens with zero attached hydrogens (tertiary/aromatic N) is 6. The number of imidazole rings is 1. The molecule has 1 aliphatic rings. The van der Waals surface area contributed by atoms with Gasteiger partial charge in [-0.2, -0.15) is 5.10 Å². The molecule has 1 amide bonds. The van der Waals surface area contributed by atoms with E-state index in [-0.39, 0.29) is 48.2 Å². The summed E-state index contributed by atoms with van der Waals surface area (Å²) in [6.07, 6.45) is 5.03. The van der Waals surface area contributed by atoms with Gasteiger partial charge in [-0.3, -0.25) is 4.98 Å². The van der Waals surface area contributed by atoms with Gasteiger partial charge in [-0.15, -0.1) is 0 Å². The molecule has 1 aliphatic heterocycles. The number of aromatic nitrogens is 4. The van der Waals surface area contributed by atoms with Gasteiger partial charge in [0.15, 0.2) is 0 Å². The van der Waals surface area contributed by atoms with E-state index in [1.54, 1.807) is 41.1 Å². The molecule has 3 N–H and O–H groups in total. The highest BCUT2D eigenvalue weighted by Gasteiger charge is 2.38. The third-order valence-corrected chi connectivity index (χ3v) is 7.52. The molecule has 3 aromatic heterocycles. The number of hydrogen-bond donors (Lipinski definition) is 2. The van der Waals surface area contributed by atoms with E-state index in [0.29, 0.717) is 30.9 Å². The quantitative estimate of drug-likeness (QED) is 0.323. The van der Waals surface area contributed by atoms with Gasteiger partial charge in [-0.1, -0.05) is 6.92 Å². The van der Waals surface area contributed by atoms with E-state index in [9.17, 15) is 13.6 Å². The zero-order chi connectivity index (χ0) is 30.0. The summed E-state index contributed by atoms with van der Waals surface area (Å²) < 4.78 is 41.5. The zero-order valence-corrected chi connectivity index (χ0v) is 23.6. The van der Waals surface area contributed by atoms with Crippen molar-refractivity contribution in [3.05, 3.63) is 71.9 Å². The molecule has 13 heteroatoms. The van der Waals surface area contributed by atoms with Crippen LogP contribution in [0.1, 0.15) is 18.3 Å². The summed E-state index contributed by atoms with van der Waals surface area (Å²) in [5, 5.41) is 13.4. The Morgan fingerprint density at radius 1 is 1.19 bits per heavy atom. The standard InChI is InChI=1S/C29H33F2N7O4/c1-17-15-37(16-23(32)28(17)36(2)29(40)41-3)25-6-7-33-13-18(25)10-26-34-14-19-4-5-24(35-38(19)26)27-21(30)11-20(12-22(27)31)42-9-8-39/h4-7,11-14,17,23,28,39H,8-10,15-16,32H2,1-3H3/t17-,23+,28-/m0/s1. The molecular formula is C29H33F2N7O4. The predicted octanol–water partition coefficient (Wildman–Crippen LogP) is 2.88. The van der Waals surface area contributed by atoms with Crippen LogP contribution in [0.25, 0.3) is 16.8 Å². The number of aliphatic hydroxyl groups excluding tert-OH is 1. The average Bonchev–Trinajstić information content (AvgIpc) is 3.37. The van der Waals surface area contributed by atoms with Crippen LogP contribution < -0.4 is 15.4 Å². The van der Waals surface area contributed by atoms with Crippen molar-refractivity contribution < 1.29 is 28.2 Å². The second-order valence-electron chi connectivity index (χ2n) is 10.4. The van der Waals surface area contributed by atoms with Gasteiger partial charge < -0.3 is 30.1 Å². The number of ether oxygens (including phenoxy) is 2. The number of pyridine rings is 1. The van der Waals surface area contributed by atoms with Crippen molar-refractivity contribution in [3.8, 4) is 17.0 Å². The lowest BCUT2D eigenvalue weighted by molar-refractivity contribution is 0.0905. The topological polar surface area (TPSA) is 131 Å². The van der Waals surface area contributed by atoms with Crippen LogP contribution in [0.4, 0.5) is 19.3 Å². The monoisotopic (exact) mass is 581 g/mol. The van der Waals surface area contributed by atoms with E-state index in [4.69, 9.17) is 20.3 Å². The summed E-state index contributed by atoms with van der Waals surface area (Å²) in [4.78, 5) is 24.7. The predicted molar refractivity (Wildman–Crippen MR) is 151 cm³/mol. The summed E-state index contributed by atoms with van der Waals surface area (Å²) in [7, 11) is 3.05. The van der Waals surface area contributed by atoms with E-state index < -0.39 is 17.7 Å². The molecule has 0 bridgehead atoms. The van der Waals surface area contributed by atoms with Crippen LogP contribution in [0.15, 0.2) is 48.9 Å². The van der Waals surface area contributed by atoms with Gasteiger partial charge in [-0.25, -0.2) is 23.1 Å². The minimum Gasteiger partial charge on any atom is -0.491 e. The minimum absolute atomic E-state index is 0.0219. The Kier molecular flexibility index (Phi) is 8.50. The molecular weight excluding hydrogens is 548 g/mol. The molecule has 4 heterocycles. The molecule has 11 nitrogen and oxygen atoms in total. The Balaban J connectivity index is 1.42. The first kappa shape index (κ1) is 29.1. The Bertz CT molecular complexity index is 1550. The van der Waals surface area contributed by atoms with Crippen molar-refractivity contribution in [2.24, 2.45) is 11.7 Å². The number of aliphatic hydroxyl groups is 1. The van der Waals surface area contributed by atoms with Crippen LogP contribution in [0.5, 0.6) is 5.75 Å². The largest absolute Gasteiger partial charge is 0.491 e. The summed E-state index contributed by atoms with van der Waals surface area (Å²) in [6, 6.07) is 6.77. The molecule has 1 saturated heterocycles. The number of likely N-dealkylation sites (N-methyl/N-ethyl adjacent to an activating group) is 1. The smallest absolute Gasteiger partial charge is 0.409 e. The van der Waals surface area contributed by atoms with E-state index in [1.807, 2.05) is 13.0 Å². The van der Waals surface area contributed by atoms with Crippen molar-refractivity contribution in [2.45, 2.75) is 25.4 Å². The highest BCUT2D eigenvalue weighted by molar-refractivity contribution is 5.68. The van der Waals surface area contributed by atoms with Gasteiger partial charge in [0, 0.05) is 68.4 Å². The molecule has 3 atom stereocenters. The summed E-state index contributed by atoms with van der Waals surface area (Å²) in [6.45, 7) is 2.85. The van der Waals surface area contributed by atoms with Crippen LogP contribution >= 0.6 is 0 Å². The number of nitrogens with two attached hydrogens (primary N) is 1. The zero-order valence-electron chi connectivity index (χ0n) is 23.6. The maximum Gasteiger partial charge on any atom is 0.409 e. The molecule has 1 aromatic carbocycles. The van der Waals surface area contributed by atoms with Crippen LogP contribution in [0.2, 0.25) is 0 Å². The van der Waals surface area contributed by atoms with E-state index >= 15 is 0 Å². The van der Waals surface area contributed by atoms with E-state index in [2.05, 4.69) is 20.0 Å².